The molecule has 0 aliphatic carbocycles. The van der Waals surface area contributed by atoms with Gasteiger partial charge in [0.25, 0.3) is 5.56 Å². The second kappa shape index (κ2) is 7.77. The monoisotopic (exact) mass is 451 g/mol. The summed E-state index contributed by atoms with van der Waals surface area (Å²) in [6.07, 6.45) is 6.59. The van der Waals surface area contributed by atoms with Crippen molar-refractivity contribution in [2.75, 3.05) is 5.73 Å². The highest BCUT2D eigenvalue weighted by Gasteiger charge is 2.28. The van der Waals surface area contributed by atoms with Crippen molar-refractivity contribution in [3.05, 3.63) is 88.6 Å². The molecule has 6 rings (SSSR count). The molecular weight excluding hydrogens is 430 g/mol. The third-order valence-corrected chi connectivity index (χ3v) is 6.20. The largest absolute Gasteiger partial charge is 0.384 e. The van der Waals surface area contributed by atoms with Crippen LogP contribution in [0.25, 0.3) is 28.1 Å². The van der Waals surface area contributed by atoms with Gasteiger partial charge >= 0.3 is 0 Å². The summed E-state index contributed by atoms with van der Waals surface area (Å²) in [4.78, 5) is 25.4. The Labute approximate surface area is 194 Å². The van der Waals surface area contributed by atoms with Gasteiger partial charge in [-0.25, -0.2) is 9.97 Å². The number of aryl methyl sites for hydroxylation is 2. The summed E-state index contributed by atoms with van der Waals surface area (Å²) in [6, 6.07) is 13.3. The van der Waals surface area contributed by atoms with Gasteiger partial charge in [-0.2, -0.15) is 4.68 Å². The third kappa shape index (κ3) is 3.36. The number of aromatic nitrogens is 8. The number of hydrogen-bond donors (Lipinski definition) is 2. The second-order valence-electron chi connectivity index (χ2n) is 8.43. The molecule has 1 aliphatic heterocycles. The molecule has 4 aromatic heterocycles. The summed E-state index contributed by atoms with van der Waals surface area (Å²) >= 11 is 0. The van der Waals surface area contributed by atoms with Crippen molar-refractivity contribution in [3.8, 4) is 28.1 Å². The number of benzene rings is 1. The Kier molecular flexibility index (Phi) is 4.58. The average Bonchev–Trinajstić information content (AvgIpc) is 3.60. The molecule has 1 aromatic carbocycles. The molecule has 5 aromatic rings. The van der Waals surface area contributed by atoms with E-state index in [0.717, 1.165) is 58.0 Å². The maximum absolute atomic E-state index is 13.3. The molecule has 0 fully saturated rings. The van der Waals surface area contributed by atoms with Crippen LogP contribution in [0.4, 0.5) is 5.82 Å². The van der Waals surface area contributed by atoms with Gasteiger partial charge in [-0.05, 0) is 66.1 Å². The predicted octanol–water partition coefficient (Wildman–Crippen LogP) is 2.70. The van der Waals surface area contributed by atoms with Crippen molar-refractivity contribution in [2.24, 2.45) is 0 Å². The highest BCUT2D eigenvalue weighted by atomic mass is 16.1. The number of fused-ring (bicyclic) bond motifs is 1. The fourth-order valence-corrected chi connectivity index (χ4v) is 4.58. The number of H-pyrrole nitrogens is 1. The number of anilines is 1. The molecule has 34 heavy (non-hydrogen) atoms. The summed E-state index contributed by atoms with van der Waals surface area (Å²) < 4.78 is 3.44. The summed E-state index contributed by atoms with van der Waals surface area (Å²) in [5.74, 6) is 1.22. The lowest BCUT2D eigenvalue weighted by Gasteiger charge is -2.15. The number of tetrazole rings is 1. The third-order valence-electron chi connectivity index (χ3n) is 6.20. The first-order valence-electron chi connectivity index (χ1n) is 10.9. The van der Waals surface area contributed by atoms with Gasteiger partial charge in [-0.15, -0.1) is 5.10 Å². The van der Waals surface area contributed by atoms with Crippen LogP contribution in [0.15, 0.2) is 66.0 Å². The Bertz CT molecular complexity index is 1550. The number of nitrogen functional groups attached to an aromatic ring is 1. The maximum atomic E-state index is 13.3. The van der Waals surface area contributed by atoms with E-state index in [-0.39, 0.29) is 11.6 Å². The standard InChI is InChI=1S/C24H21N9O/c1-14-2-5-20(32-13-28-30-31-32)18(8-14)16-9-17-4-6-21(33(17)23(34)10-16)24-27-12-19(29-24)15-3-7-22(25)26-11-15/h2-3,5,7-13,21H,4,6H2,1H3,(H2,25,26)(H,27,29)/t21-/m0/s1. The number of hydrogen-bond acceptors (Lipinski definition) is 7. The lowest BCUT2D eigenvalue weighted by atomic mass is 10.0. The Balaban J connectivity index is 1.39. The van der Waals surface area contributed by atoms with E-state index in [1.807, 2.05) is 29.7 Å². The minimum absolute atomic E-state index is 0.0636. The van der Waals surface area contributed by atoms with Gasteiger partial charge in [-0.1, -0.05) is 11.6 Å². The van der Waals surface area contributed by atoms with E-state index in [9.17, 15) is 4.79 Å². The van der Waals surface area contributed by atoms with E-state index in [1.165, 1.54) is 0 Å². The Morgan fingerprint density at radius 2 is 1.97 bits per heavy atom. The SMILES string of the molecule is Cc1ccc(-n2cnnn2)c(-c2cc3n(c(=O)c2)[C@H](c2ncc(-c4ccc(N)nc4)[nH]2)CC3)c1. The number of nitrogens with two attached hydrogens (primary N) is 1. The molecule has 0 saturated carbocycles. The van der Waals surface area contributed by atoms with Gasteiger partial charge in [0.2, 0.25) is 0 Å². The minimum Gasteiger partial charge on any atom is -0.384 e. The molecule has 1 aliphatic rings. The average molecular weight is 451 g/mol. The first-order valence-corrected chi connectivity index (χ1v) is 10.9. The smallest absolute Gasteiger partial charge is 0.252 e. The van der Waals surface area contributed by atoms with Crippen molar-refractivity contribution in [3.63, 3.8) is 0 Å². The number of nitrogens with zero attached hydrogens (tertiary/aromatic N) is 7. The van der Waals surface area contributed by atoms with E-state index in [4.69, 9.17) is 5.73 Å². The molecule has 0 bridgehead atoms. The zero-order valence-corrected chi connectivity index (χ0v) is 18.4. The number of rotatable bonds is 4. The van der Waals surface area contributed by atoms with E-state index >= 15 is 0 Å². The molecule has 0 unspecified atom stereocenters. The molecule has 168 valence electrons. The van der Waals surface area contributed by atoms with Gasteiger partial charge in [0.1, 0.15) is 18.0 Å². The van der Waals surface area contributed by atoms with Crippen molar-refractivity contribution < 1.29 is 0 Å². The topological polar surface area (TPSA) is 133 Å². The van der Waals surface area contributed by atoms with Crippen LogP contribution in [0, 0.1) is 6.92 Å². The molecule has 10 nitrogen and oxygen atoms in total. The number of imidazole rings is 1. The van der Waals surface area contributed by atoms with Crippen molar-refractivity contribution in [2.45, 2.75) is 25.8 Å². The molecule has 10 heteroatoms. The number of aromatic amines is 1. The van der Waals surface area contributed by atoms with Crippen LogP contribution in [-0.4, -0.2) is 39.7 Å². The minimum atomic E-state index is -0.150. The molecule has 3 N–H and O–H groups in total. The van der Waals surface area contributed by atoms with Crippen LogP contribution in [0.1, 0.15) is 29.5 Å². The zero-order valence-electron chi connectivity index (χ0n) is 18.4. The summed E-state index contributed by atoms with van der Waals surface area (Å²) in [6.45, 7) is 2.02. The first-order chi connectivity index (χ1) is 16.6. The molecule has 0 radical (unpaired) electrons. The fraction of sp³-hybridized carbons (Fsp3) is 0.167. The maximum Gasteiger partial charge on any atom is 0.252 e. The van der Waals surface area contributed by atoms with Crippen molar-refractivity contribution in [1.82, 2.24) is 39.7 Å². The van der Waals surface area contributed by atoms with E-state index in [2.05, 4.69) is 42.6 Å². The second-order valence-corrected chi connectivity index (χ2v) is 8.43. The summed E-state index contributed by atoms with van der Waals surface area (Å²) in [5.41, 5.74) is 12.0. The highest BCUT2D eigenvalue weighted by Crippen LogP contribution is 2.33. The number of nitrogens with one attached hydrogen (secondary N) is 1. The zero-order chi connectivity index (χ0) is 23.2. The van der Waals surface area contributed by atoms with Crippen LogP contribution in [0.3, 0.4) is 0 Å². The van der Waals surface area contributed by atoms with Crippen LogP contribution < -0.4 is 11.3 Å². The lowest BCUT2D eigenvalue weighted by Crippen LogP contribution is -2.23. The predicted molar refractivity (Wildman–Crippen MR) is 126 cm³/mol. The van der Waals surface area contributed by atoms with Gasteiger partial charge in [0, 0.05) is 29.1 Å². The van der Waals surface area contributed by atoms with Crippen molar-refractivity contribution in [1.29, 1.82) is 0 Å². The molecule has 1 atom stereocenters. The molecule has 0 spiro atoms. The van der Waals surface area contributed by atoms with E-state index in [0.29, 0.717) is 5.82 Å². The fourth-order valence-electron chi connectivity index (χ4n) is 4.58. The summed E-state index contributed by atoms with van der Waals surface area (Å²) in [5, 5.41) is 11.5. The Morgan fingerprint density at radius 1 is 1.06 bits per heavy atom. The Hall–Kier alpha value is -4.60. The van der Waals surface area contributed by atoms with Crippen LogP contribution in [0.5, 0.6) is 0 Å². The summed E-state index contributed by atoms with van der Waals surface area (Å²) in [7, 11) is 0. The molecular formula is C24H21N9O. The lowest BCUT2D eigenvalue weighted by molar-refractivity contribution is 0.572. The molecule has 5 heterocycles. The first kappa shape index (κ1) is 20.0. The molecule has 0 saturated heterocycles. The van der Waals surface area contributed by atoms with Crippen LogP contribution >= 0.6 is 0 Å². The van der Waals surface area contributed by atoms with E-state index < -0.39 is 0 Å². The number of pyridine rings is 2. The highest BCUT2D eigenvalue weighted by molar-refractivity contribution is 5.73. The van der Waals surface area contributed by atoms with Gasteiger partial charge in [-0.3, -0.25) is 4.79 Å². The van der Waals surface area contributed by atoms with Crippen molar-refractivity contribution >= 4 is 5.82 Å². The van der Waals surface area contributed by atoms with Gasteiger partial charge < -0.3 is 15.3 Å². The van der Waals surface area contributed by atoms with Crippen LogP contribution in [-0.2, 0) is 6.42 Å². The Morgan fingerprint density at radius 3 is 2.76 bits per heavy atom. The quantitative estimate of drug-likeness (QED) is 0.429. The van der Waals surface area contributed by atoms with Crippen LogP contribution in [0.2, 0.25) is 0 Å². The van der Waals surface area contributed by atoms with Gasteiger partial charge in [0.15, 0.2) is 0 Å². The van der Waals surface area contributed by atoms with E-state index in [1.54, 1.807) is 35.5 Å². The molecule has 0 amide bonds. The van der Waals surface area contributed by atoms with Gasteiger partial charge in [0.05, 0.1) is 23.6 Å². The normalized spacial score (nSPS) is 14.9.